The molecule has 0 spiro atoms. The Morgan fingerprint density at radius 2 is 1.85 bits per heavy atom. The Morgan fingerprint density at radius 1 is 1.12 bits per heavy atom. The van der Waals surface area contributed by atoms with Gasteiger partial charge in [-0.15, -0.1) is 11.3 Å². The largest absolute Gasteiger partial charge is 0.391 e. The predicted octanol–water partition coefficient (Wildman–Crippen LogP) is 4.30. The number of nitrogens with zero attached hydrogens (tertiary/aromatic N) is 2. The van der Waals surface area contributed by atoms with Gasteiger partial charge in [0.15, 0.2) is 0 Å². The van der Waals surface area contributed by atoms with Gasteiger partial charge in [-0.2, -0.15) is 0 Å². The Labute approximate surface area is 206 Å². The molecule has 34 heavy (non-hydrogen) atoms. The number of nitrogen functional groups attached to an aromatic ring is 1. The molecule has 0 amide bonds. The van der Waals surface area contributed by atoms with E-state index in [1.54, 1.807) is 11.3 Å². The fourth-order valence-electron chi connectivity index (χ4n) is 6.43. The van der Waals surface area contributed by atoms with E-state index in [-0.39, 0.29) is 5.41 Å². The first kappa shape index (κ1) is 22.1. The SMILES string of the molecule is CCc1cc2c(cc1N1CCC(N3CCNCC3)CC1)C(C)(C)c1[nH]c3cc(N)sc3c1C2=N. The number of hydrogen-bond acceptors (Lipinski definition) is 6. The summed E-state index contributed by atoms with van der Waals surface area (Å²) in [6, 6.07) is 7.46. The zero-order valence-electron chi connectivity index (χ0n) is 20.6. The van der Waals surface area contributed by atoms with Crippen LogP contribution in [0.4, 0.5) is 10.7 Å². The number of hydrogen-bond donors (Lipinski definition) is 4. The summed E-state index contributed by atoms with van der Waals surface area (Å²) in [5.74, 6) is 0. The third-order valence-corrected chi connectivity index (χ3v) is 9.36. The second-order valence-corrected chi connectivity index (χ2v) is 11.7. The lowest BCUT2D eigenvalue weighted by atomic mass is 9.70. The first-order valence-corrected chi connectivity index (χ1v) is 13.6. The van der Waals surface area contributed by atoms with Gasteiger partial charge in [-0.25, -0.2) is 0 Å². The van der Waals surface area contributed by atoms with Gasteiger partial charge in [0.1, 0.15) is 0 Å². The minimum Gasteiger partial charge on any atom is -0.391 e. The molecule has 2 aliphatic heterocycles. The number of piperidine rings is 1. The van der Waals surface area contributed by atoms with Gasteiger partial charge in [0.25, 0.3) is 0 Å². The first-order chi connectivity index (χ1) is 16.4. The highest BCUT2D eigenvalue weighted by molar-refractivity contribution is 7.23. The summed E-state index contributed by atoms with van der Waals surface area (Å²) >= 11 is 1.59. The van der Waals surface area contributed by atoms with Crippen LogP contribution < -0.4 is 16.0 Å². The Bertz CT molecular complexity index is 1250. The predicted molar refractivity (Wildman–Crippen MR) is 144 cm³/mol. The number of aromatic amines is 1. The summed E-state index contributed by atoms with van der Waals surface area (Å²) in [7, 11) is 0. The van der Waals surface area contributed by atoms with E-state index in [4.69, 9.17) is 5.73 Å². The summed E-state index contributed by atoms with van der Waals surface area (Å²) in [6.07, 6.45) is 3.45. The maximum absolute atomic E-state index is 9.19. The fraction of sp³-hybridized carbons (Fsp3) is 0.519. The number of fused-ring (bicyclic) bond motifs is 4. The van der Waals surface area contributed by atoms with E-state index < -0.39 is 0 Å². The molecule has 7 heteroatoms. The Balaban J connectivity index is 1.35. The van der Waals surface area contributed by atoms with Crippen LogP contribution in [0.3, 0.4) is 0 Å². The summed E-state index contributed by atoms with van der Waals surface area (Å²) in [4.78, 5) is 8.94. The van der Waals surface area contributed by atoms with Crippen LogP contribution in [-0.2, 0) is 11.8 Å². The van der Waals surface area contributed by atoms with Crippen LogP contribution >= 0.6 is 11.3 Å². The van der Waals surface area contributed by atoms with E-state index in [1.165, 1.54) is 42.7 Å². The number of aryl methyl sites for hydroxylation is 1. The lowest BCUT2D eigenvalue weighted by Crippen LogP contribution is -2.52. The average Bonchev–Trinajstić information content (AvgIpc) is 3.39. The molecule has 1 aromatic carbocycles. The molecule has 0 bridgehead atoms. The van der Waals surface area contributed by atoms with Crippen LogP contribution in [0.15, 0.2) is 18.2 Å². The van der Waals surface area contributed by atoms with Gasteiger partial charge in [-0.3, -0.25) is 10.3 Å². The van der Waals surface area contributed by atoms with Crippen molar-refractivity contribution in [2.45, 2.75) is 51.5 Å². The third-order valence-electron chi connectivity index (χ3n) is 8.38. The first-order valence-electron chi connectivity index (χ1n) is 12.8. The molecular weight excluding hydrogens is 440 g/mol. The van der Waals surface area contributed by atoms with Gasteiger partial charge in [0.2, 0.25) is 0 Å². The molecule has 0 radical (unpaired) electrons. The maximum Gasteiger partial charge on any atom is 0.0884 e. The highest BCUT2D eigenvalue weighted by Gasteiger charge is 2.39. The summed E-state index contributed by atoms with van der Waals surface area (Å²) in [5.41, 5.74) is 14.9. The molecule has 2 aromatic heterocycles. The molecule has 0 atom stereocenters. The molecule has 0 saturated carbocycles. The number of nitrogens with two attached hydrogens (primary N) is 1. The van der Waals surface area contributed by atoms with E-state index in [0.29, 0.717) is 11.8 Å². The highest BCUT2D eigenvalue weighted by atomic mass is 32.1. The van der Waals surface area contributed by atoms with Crippen LogP contribution in [0.1, 0.15) is 61.6 Å². The number of thiophene rings is 1. The molecule has 3 aliphatic rings. The zero-order valence-corrected chi connectivity index (χ0v) is 21.4. The smallest absolute Gasteiger partial charge is 0.0884 e. The van der Waals surface area contributed by atoms with Crippen molar-refractivity contribution in [3.8, 4) is 0 Å². The van der Waals surface area contributed by atoms with Crippen LogP contribution in [0.25, 0.3) is 10.2 Å². The Morgan fingerprint density at radius 3 is 2.56 bits per heavy atom. The molecule has 1 aliphatic carbocycles. The number of aromatic nitrogens is 1. The lowest BCUT2D eigenvalue weighted by Gasteiger charge is -2.42. The molecule has 5 N–H and O–H groups in total. The zero-order chi connectivity index (χ0) is 23.6. The standard InChI is InChI=1S/C27H36N6S/c1-4-16-13-18-19(14-21(16)33-9-5-17(6-10-33)32-11-7-30-8-12-32)27(2,3)26-23(24(18)29)25-20(31-26)15-22(28)34-25/h13-15,17,29-31H,4-12,28H2,1-3H3. The molecule has 6 rings (SSSR count). The van der Waals surface area contributed by atoms with E-state index in [9.17, 15) is 5.41 Å². The van der Waals surface area contributed by atoms with Gasteiger partial charge < -0.3 is 20.9 Å². The highest BCUT2D eigenvalue weighted by Crippen LogP contribution is 2.47. The Hall–Kier alpha value is -2.35. The average molecular weight is 477 g/mol. The molecule has 4 heterocycles. The lowest BCUT2D eigenvalue weighted by molar-refractivity contribution is 0.150. The van der Waals surface area contributed by atoms with Gasteiger partial charge in [-0.1, -0.05) is 20.8 Å². The quantitative estimate of drug-likeness (QED) is 0.454. The van der Waals surface area contributed by atoms with Crippen LogP contribution in [0, 0.1) is 5.41 Å². The Kier molecular flexibility index (Phi) is 5.28. The van der Waals surface area contributed by atoms with E-state index in [2.05, 4.69) is 53.0 Å². The summed E-state index contributed by atoms with van der Waals surface area (Å²) in [6.45, 7) is 13.7. The molecule has 3 aromatic rings. The van der Waals surface area contributed by atoms with E-state index in [1.807, 2.05) is 6.07 Å². The second-order valence-electron chi connectivity index (χ2n) is 10.7. The fourth-order valence-corrected chi connectivity index (χ4v) is 7.37. The van der Waals surface area contributed by atoms with Crippen molar-refractivity contribution in [3.05, 3.63) is 46.1 Å². The van der Waals surface area contributed by atoms with Crippen molar-refractivity contribution < 1.29 is 0 Å². The van der Waals surface area contributed by atoms with Crippen molar-refractivity contribution in [2.24, 2.45) is 0 Å². The number of piperazine rings is 1. The van der Waals surface area contributed by atoms with Gasteiger partial charge in [0, 0.05) is 73.2 Å². The summed E-state index contributed by atoms with van der Waals surface area (Å²) < 4.78 is 1.12. The van der Waals surface area contributed by atoms with Gasteiger partial charge in [-0.05, 0) is 48.6 Å². The molecule has 2 fully saturated rings. The molecule has 6 nitrogen and oxygen atoms in total. The van der Waals surface area contributed by atoms with Gasteiger partial charge >= 0.3 is 0 Å². The third kappa shape index (κ3) is 3.32. The number of H-pyrrole nitrogens is 1. The normalized spacial score (nSPS) is 21.1. The minimum absolute atomic E-state index is 0.192. The minimum atomic E-state index is -0.192. The van der Waals surface area contributed by atoms with Crippen molar-refractivity contribution in [1.29, 1.82) is 5.41 Å². The van der Waals surface area contributed by atoms with Crippen LogP contribution in [0.5, 0.6) is 0 Å². The maximum atomic E-state index is 9.19. The number of rotatable bonds is 3. The van der Waals surface area contributed by atoms with Gasteiger partial charge in [0.05, 0.1) is 20.9 Å². The molecule has 0 unspecified atom stereocenters. The molecule has 180 valence electrons. The van der Waals surface area contributed by atoms with E-state index >= 15 is 0 Å². The van der Waals surface area contributed by atoms with Crippen molar-refractivity contribution in [3.63, 3.8) is 0 Å². The number of anilines is 2. The van der Waals surface area contributed by atoms with Crippen molar-refractivity contribution >= 4 is 38.0 Å². The topological polar surface area (TPSA) is 84.2 Å². The molecular formula is C27H36N6S. The summed E-state index contributed by atoms with van der Waals surface area (Å²) in [5, 5.41) is 13.5. The number of nitrogens with one attached hydrogen (secondary N) is 3. The van der Waals surface area contributed by atoms with Crippen molar-refractivity contribution in [2.75, 3.05) is 49.9 Å². The monoisotopic (exact) mass is 476 g/mol. The molecule has 2 saturated heterocycles. The second kappa shape index (κ2) is 8.11. The van der Waals surface area contributed by atoms with Crippen LogP contribution in [0.2, 0.25) is 0 Å². The van der Waals surface area contributed by atoms with Crippen LogP contribution in [-0.4, -0.2) is 60.9 Å². The van der Waals surface area contributed by atoms with E-state index in [0.717, 1.165) is 64.6 Å². The van der Waals surface area contributed by atoms with Crippen molar-refractivity contribution in [1.82, 2.24) is 15.2 Å². The number of benzene rings is 1.